The highest BCUT2D eigenvalue weighted by atomic mass is 79.9. The minimum Gasteiger partial charge on any atom is -0.284 e. The van der Waals surface area contributed by atoms with Crippen molar-refractivity contribution in [1.29, 1.82) is 0 Å². The molecular formula is C8H2BrCl2F3O. The second kappa shape index (κ2) is 4.31. The van der Waals surface area contributed by atoms with E-state index in [-0.39, 0.29) is 14.5 Å². The summed E-state index contributed by atoms with van der Waals surface area (Å²) in [6.45, 7) is 0. The van der Waals surface area contributed by atoms with E-state index < -0.39 is 17.5 Å². The minimum absolute atomic E-state index is 0.0652. The van der Waals surface area contributed by atoms with E-state index in [1.54, 1.807) is 0 Å². The summed E-state index contributed by atoms with van der Waals surface area (Å²) in [5, 5.41) is -0.0472. The Morgan fingerprint density at radius 3 is 2.20 bits per heavy atom. The quantitative estimate of drug-likeness (QED) is 0.550. The normalized spacial score (nSPS) is 11.6. The smallest absolute Gasteiger partial charge is 0.284 e. The van der Waals surface area contributed by atoms with Crippen molar-refractivity contribution in [3.63, 3.8) is 0 Å². The van der Waals surface area contributed by atoms with Crippen LogP contribution in [0.2, 0.25) is 10.0 Å². The number of alkyl halides is 3. The van der Waals surface area contributed by atoms with Crippen LogP contribution in [0.5, 0.6) is 0 Å². The third kappa shape index (κ3) is 2.86. The van der Waals surface area contributed by atoms with Crippen LogP contribution in [-0.2, 0) is 0 Å². The number of hydrogen-bond acceptors (Lipinski definition) is 1. The lowest BCUT2D eigenvalue weighted by Crippen LogP contribution is -2.22. The van der Waals surface area contributed by atoms with Gasteiger partial charge in [0.1, 0.15) is 0 Å². The molecule has 0 aromatic heterocycles. The molecular weight excluding hydrogens is 320 g/mol. The van der Waals surface area contributed by atoms with Gasteiger partial charge in [-0.1, -0.05) is 23.2 Å². The number of rotatable bonds is 1. The van der Waals surface area contributed by atoms with Gasteiger partial charge in [-0.3, -0.25) is 4.79 Å². The standard InChI is InChI=1S/C8H2BrCl2F3O/c9-4-1-3(2-5(10)6(4)11)7(15)8(12,13)14/h1-2H. The summed E-state index contributed by atoms with van der Waals surface area (Å²) in [6, 6.07) is 1.86. The first kappa shape index (κ1) is 12.8. The molecule has 7 heteroatoms. The molecule has 0 bridgehead atoms. The Hall–Kier alpha value is -0.260. The first-order chi connectivity index (χ1) is 6.73. The third-order valence-electron chi connectivity index (χ3n) is 1.50. The molecule has 0 saturated heterocycles. The molecule has 15 heavy (non-hydrogen) atoms. The zero-order valence-corrected chi connectivity index (χ0v) is 9.93. The maximum Gasteiger partial charge on any atom is 0.454 e. The molecule has 0 radical (unpaired) electrons. The Kier molecular flexibility index (Phi) is 3.68. The molecule has 0 unspecified atom stereocenters. The molecule has 1 aromatic carbocycles. The fourth-order valence-electron chi connectivity index (χ4n) is 0.850. The molecule has 1 rings (SSSR count). The van der Waals surface area contributed by atoms with Crippen LogP contribution >= 0.6 is 39.1 Å². The van der Waals surface area contributed by atoms with E-state index in [1.807, 2.05) is 0 Å². The van der Waals surface area contributed by atoms with Crippen LogP contribution in [0.15, 0.2) is 16.6 Å². The van der Waals surface area contributed by atoms with Gasteiger partial charge in [-0.05, 0) is 28.1 Å². The average molecular weight is 322 g/mol. The summed E-state index contributed by atoms with van der Waals surface area (Å²) >= 11 is 14.0. The number of hydrogen-bond donors (Lipinski definition) is 0. The van der Waals surface area contributed by atoms with Gasteiger partial charge in [-0.15, -0.1) is 0 Å². The molecule has 1 nitrogen and oxygen atoms in total. The van der Waals surface area contributed by atoms with Crippen molar-refractivity contribution in [2.75, 3.05) is 0 Å². The predicted octanol–water partition coefficient (Wildman–Crippen LogP) is 4.50. The van der Waals surface area contributed by atoms with Gasteiger partial charge >= 0.3 is 6.18 Å². The largest absolute Gasteiger partial charge is 0.454 e. The van der Waals surface area contributed by atoms with Gasteiger partial charge < -0.3 is 0 Å². The van der Waals surface area contributed by atoms with Gasteiger partial charge in [-0.25, -0.2) is 0 Å². The number of benzene rings is 1. The van der Waals surface area contributed by atoms with Crippen LogP contribution in [0, 0.1) is 0 Å². The Bertz CT molecular complexity index is 394. The number of ketones is 1. The Morgan fingerprint density at radius 2 is 1.80 bits per heavy atom. The lowest BCUT2D eigenvalue weighted by atomic mass is 10.1. The highest BCUT2D eigenvalue weighted by Crippen LogP contribution is 2.33. The maximum atomic E-state index is 12.1. The van der Waals surface area contributed by atoms with Gasteiger partial charge in [-0.2, -0.15) is 13.2 Å². The van der Waals surface area contributed by atoms with Crippen molar-refractivity contribution >= 4 is 44.9 Å². The van der Waals surface area contributed by atoms with Gasteiger partial charge in [0.05, 0.1) is 10.0 Å². The SMILES string of the molecule is O=C(c1cc(Cl)c(Cl)c(Br)c1)C(F)(F)F. The first-order valence-electron chi connectivity index (χ1n) is 3.49. The number of halogens is 6. The van der Waals surface area contributed by atoms with E-state index in [0.29, 0.717) is 0 Å². The molecule has 0 atom stereocenters. The van der Waals surface area contributed by atoms with Crippen molar-refractivity contribution in [3.05, 3.63) is 32.2 Å². The summed E-state index contributed by atoms with van der Waals surface area (Å²) in [6.07, 6.45) is -4.92. The Labute approximate surface area is 101 Å². The van der Waals surface area contributed by atoms with Crippen LogP contribution in [0.3, 0.4) is 0 Å². The molecule has 0 heterocycles. The zero-order chi connectivity index (χ0) is 11.8. The highest BCUT2D eigenvalue weighted by molar-refractivity contribution is 9.10. The van der Waals surface area contributed by atoms with E-state index in [1.165, 1.54) is 0 Å². The fourth-order valence-corrected chi connectivity index (χ4v) is 1.75. The van der Waals surface area contributed by atoms with Crippen molar-refractivity contribution in [1.82, 2.24) is 0 Å². The second-order valence-corrected chi connectivity index (χ2v) is 4.22. The summed E-state index contributed by atoms with van der Waals surface area (Å²) < 4.78 is 36.3. The topological polar surface area (TPSA) is 17.1 Å². The Morgan fingerprint density at radius 1 is 1.27 bits per heavy atom. The van der Waals surface area contributed by atoms with Gasteiger partial charge in [0.2, 0.25) is 0 Å². The van der Waals surface area contributed by atoms with Gasteiger partial charge in [0, 0.05) is 10.0 Å². The Balaban J connectivity index is 3.24. The average Bonchev–Trinajstić information content (AvgIpc) is 2.10. The van der Waals surface area contributed by atoms with E-state index in [2.05, 4.69) is 15.9 Å². The number of Topliss-reactive ketones (excluding diaryl/α,β-unsaturated/α-hetero) is 1. The molecule has 0 aliphatic carbocycles. The molecule has 0 aliphatic rings. The predicted molar refractivity (Wildman–Crippen MR) is 54.5 cm³/mol. The summed E-state index contributed by atoms with van der Waals surface area (Å²) in [5.41, 5.74) is -0.552. The lowest BCUT2D eigenvalue weighted by Gasteiger charge is -2.07. The van der Waals surface area contributed by atoms with E-state index >= 15 is 0 Å². The van der Waals surface area contributed by atoms with Crippen LogP contribution in [-0.4, -0.2) is 12.0 Å². The van der Waals surface area contributed by atoms with Gasteiger partial charge in [0.15, 0.2) is 0 Å². The first-order valence-corrected chi connectivity index (χ1v) is 5.04. The fraction of sp³-hybridized carbons (Fsp3) is 0.125. The van der Waals surface area contributed by atoms with E-state index in [9.17, 15) is 18.0 Å². The van der Waals surface area contributed by atoms with Crippen molar-refractivity contribution in [3.8, 4) is 0 Å². The monoisotopic (exact) mass is 320 g/mol. The molecule has 0 N–H and O–H groups in total. The molecule has 82 valence electrons. The highest BCUT2D eigenvalue weighted by Gasteiger charge is 2.39. The third-order valence-corrected chi connectivity index (χ3v) is 3.16. The van der Waals surface area contributed by atoms with Crippen LogP contribution in [0.4, 0.5) is 13.2 Å². The number of carbonyl (C=O) groups is 1. The molecule has 0 aliphatic heterocycles. The molecule has 0 spiro atoms. The van der Waals surface area contributed by atoms with E-state index in [0.717, 1.165) is 12.1 Å². The van der Waals surface area contributed by atoms with Crippen molar-refractivity contribution < 1.29 is 18.0 Å². The molecule has 0 saturated carbocycles. The zero-order valence-electron chi connectivity index (χ0n) is 6.83. The minimum atomic E-state index is -4.92. The summed E-state index contributed by atoms with van der Waals surface area (Å²) in [4.78, 5) is 10.8. The van der Waals surface area contributed by atoms with Crippen LogP contribution in [0.1, 0.15) is 10.4 Å². The summed E-state index contributed by atoms with van der Waals surface area (Å²) in [7, 11) is 0. The molecule has 0 fully saturated rings. The second-order valence-electron chi connectivity index (χ2n) is 2.58. The summed E-state index contributed by atoms with van der Waals surface area (Å²) in [5.74, 6) is -1.96. The molecule has 0 amide bonds. The number of carbonyl (C=O) groups excluding carboxylic acids is 1. The lowest BCUT2D eigenvalue weighted by molar-refractivity contribution is -0.0885. The van der Waals surface area contributed by atoms with Crippen molar-refractivity contribution in [2.45, 2.75) is 6.18 Å². The van der Waals surface area contributed by atoms with Crippen molar-refractivity contribution in [2.24, 2.45) is 0 Å². The maximum absolute atomic E-state index is 12.1. The van der Waals surface area contributed by atoms with E-state index in [4.69, 9.17) is 23.2 Å². The van der Waals surface area contributed by atoms with Gasteiger partial charge in [0.25, 0.3) is 5.78 Å². The van der Waals surface area contributed by atoms with Crippen LogP contribution in [0.25, 0.3) is 0 Å². The van der Waals surface area contributed by atoms with Crippen LogP contribution < -0.4 is 0 Å². The molecule has 1 aromatic rings.